The Balaban J connectivity index is 1.97. The molecule has 6 heteroatoms. The predicted octanol–water partition coefficient (Wildman–Crippen LogP) is 5.04. The second-order valence-electron chi connectivity index (χ2n) is 5.70. The number of benzene rings is 3. The van der Waals surface area contributed by atoms with Gasteiger partial charge in [0.15, 0.2) is 17.3 Å². The lowest BCUT2D eigenvalue weighted by molar-refractivity contribution is 0.0990. The number of carbonyl (C=O) groups is 1. The minimum absolute atomic E-state index is 0.119. The van der Waals surface area contributed by atoms with Gasteiger partial charge < -0.3 is 5.11 Å². The van der Waals surface area contributed by atoms with Crippen molar-refractivity contribution in [2.45, 2.75) is 6.42 Å². The van der Waals surface area contributed by atoms with Crippen LogP contribution in [0.2, 0.25) is 0 Å². The number of rotatable bonds is 4. The zero-order chi connectivity index (χ0) is 18.8. The minimum Gasteiger partial charge on any atom is -0.505 e. The Labute approximate surface area is 146 Å². The van der Waals surface area contributed by atoms with Crippen molar-refractivity contribution in [1.82, 2.24) is 0 Å². The lowest BCUT2D eigenvalue weighted by atomic mass is 9.97. The minimum atomic E-state index is -1.24. The van der Waals surface area contributed by atoms with E-state index in [-0.39, 0.29) is 11.1 Å². The van der Waals surface area contributed by atoms with E-state index >= 15 is 0 Å². The third-order valence-corrected chi connectivity index (χ3v) is 3.88. The van der Waals surface area contributed by atoms with Gasteiger partial charge in [0, 0.05) is 17.5 Å². The van der Waals surface area contributed by atoms with Gasteiger partial charge in [-0.1, -0.05) is 12.1 Å². The van der Waals surface area contributed by atoms with E-state index in [1.807, 2.05) is 0 Å². The summed E-state index contributed by atoms with van der Waals surface area (Å²) in [5, 5.41) is 9.32. The Hall–Kier alpha value is -3.15. The topological polar surface area (TPSA) is 37.3 Å². The van der Waals surface area contributed by atoms with Crippen molar-refractivity contribution in [3.05, 3.63) is 89.0 Å². The van der Waals surface area contributed by atoms with E-state index in [1.54, 1.807) is 6.07 Å². The number of Topliss-reactive ketones (excluding diaryl/α,β-unsaturated/α-hetero) is 1. The monoisotopic (exact) mass is 360 g/mol. The number of ketones is 1. The van der Waals surface area contributed by atoms with Crippen LogP contribution >= 0.6 is 0 Å². The van der Waals surface area contributed by atoms with E-state index in [2.05, 4.69) is 0 Å². The fraction of sp³-hybridized carbons (Fsp3) is 0.0500. The van der Waals surface area contributed by atoms with Gasteiger partial charge in [-0.15, -0.1) is 0 Å². The van der Waals surface area contributed by atoms with Crippen LogP contribution in [0.5, 0.6) is 5.75 Å². The third-order valence-electron chi connectivity index (χ3n) is 3.88. The molecular formula is C20H12F4O2. The molecule has 132 valence electrons. The van der Waals surface area contributed by atoms with Crippen molar-refractivity contribution in [1.29, 1.82) is 0 Å². The first-order valence-corrected chi connectivity index (χ1v) is 7.60. The van der Waals surface area contributed by atoms with E-state index in [1.165, 1.54) is 24.3 Å². The van der Waals surface area contributed by atoms with Crippen LogP contribution in [-0.2, 0) is 6.42 Å². The molecule has 3 aromatic rings. The van der Waals surface area contributed by atoms with Gasteiger partial charge in [-0.25, -0.2) is 17.6 Å². The summed E-state index contributed by atoms with van der Waals surface area (Å²) in [7, 11) is 0. The number of phenols is 1. The summed E-state index contributed by atoms with van der Waals surface area (Å²) in [5.74, 6) is -5.02. The Morgan fingerprint density at radius 1 is 0.846 bits per heavy atom. The number of aromatic hydroxyl groups is 1. The zero-order valence-electron chi connectivity index (χ0n) is 13.3. The maximum absolute atomic E-state index is 13.9. The maximum atomic E-state index is 13.9. The van der Waals surface area contributed by atoms with Crippen LogP contribution in [0.25, 0.3) is 11.1 Å². The highest BCUT2D eigenvalue weighted by molar-refractivity contribution is 5.98. The van der Waals surface area contributed by atoms with Gasteiger partial charge in [-0.2, -0.15) is 0 Å². The largest absolute Gasteiger partial charge is 0.505 e. The van der Waals surface area contributed by atoms with Gasteiger partial charge in [0.05, 0.1) is 0 Å². The molecule has 0 amide bonds. The lowest BCUT2D eigenvalue weighted by Crippen LogP contribution is -2.08. The van der Waals surface area contributed by atoms with Crippen molar-refractivity contribution in [3.63, 3.8) is 0 Å². The summed E-state index contributed by atoms with van der Waals surface area (Å²) in [6, 6.07) is 10.4. The highest BCUT2D eigenvalue weighted by Gasteiger charge is 2.18. The summed E-state index contributed by atoms with van der Waals surface area (Å²) < 4.78 is 54.9. The quantitative estimate of drug-likeness (QED) is 0.523. The van der Waals surface area contributed by atoms with E-state index in [9.17, 15) is 27.5 Å². The first-order valence-electron chi connectivity index (χ1n) is 7.60. The van der Waals surface area contributed by atoms with Crippen LogP contribution in [0.4, 0.5) is 17.6 Å². The second kappa shape index (κ2) is 7.00. The van der Waals surface area contributed by atoms with Crippen LogP contribution in [0.15, 0.2) is 54.6 Å². The molecule has 0 saturated heterocycles. The molecule has 0 saturated carbocycles. The van der Waals surface area contributed by atoms with Crippen LogP contribution in [0.1, 0.15) is 15.9 Å². The molecule has 0 radical (unpaired) electrons. The van der Waals surface area contributed by atoms with Crippen molar-refractivity contribution in [2.24, 2.45) is 0 Å². The molecule has 0 aromatic heterocycles. The lowest BCUT2D eigenvalue weighted by Gasteiger charge is -2.08. The standard InChI is InChI=1S/C20H12F4O2/c21-14-3-1-2-11(7-14)12-6-13(9-15(22)8-12)19(26)10-16-17(23)4-5-18(25)20(16)24/h1-9,25H,10H2. The SMILES string of the molecule is O=C(Cc1c(F)ccc(O)c1F)c1cc(F)cc(-c2cccc(F)c2)c1. The Bertz CT molecular complexity index is 999. The van der Waals surface area contributed by atoms with Crippen molar-refractivity contribution in [3.8, 4) is 16.9 Å². The molecule has 0 atom stereocenters. The van der Waals surface area contributed by atoms with E-state index in [0.29, 0.717) is 5.56 Å². The fourth-order valence-electron chi connectivity index (χ4n) is 2.60. The van der Waals surface area contributed by atoms with Crippen molar-refractivity contribution < 1.29 is 27.5 Å². The van der Waals surface area contributed by atoms with Gasteiger partial charge in [0.1, 0.15) is 17.5 Å². The molecule has 0 aliphatic carbocycles. The Morgan fingerprint density at radius 2 is 1.58 bits per heavy atom. The molecule has 0 aliphatic rings. The van der Waals surface area contributed by atoms with Gasteiger partial charge in [0.25, 0.3) is 0 Å². The summed E-state index contributed by atoms with van der Waals surface area (Å²) in [4.78, 5) is 12.4. The maximum Gasteiger partial charge on any atom is 0.171 e. The normalized spacial score (nSPS) is 10.8. The average Bonchev–Trinajstić information content (AvgIpc) is 2.61. The molecular weight excluding hydrogens is 348 g/mol. The molecule has 0 bridgehead atoms. The average molecular weight is 360 g/mol. The van der Waals surface area contributed by atoms with Gasteiger partial charge in [-0.05, 0) is 53.6 Å². The van der Waals surface area contributed by atoms with Crippen molar-refractivity contribution in [2.75, 3.05) is 0 Å². The molecule has 1 N–H and O–H groups in total. The Morgan fingerprint density at radius 3 is 2.31 bits per heavy atom. The summed E-state index contributed by atoms with van der Waals surface area (Å²) in [6.45, 7) is 0. The van der Waals surface area contributed by atoms with Crippen LogP contribution < -0.4 is 0 Å². The van der Waals surface area contributed by atoms with E-state index in [4.69, 9.17) is 0 Å². The highest BCUT2D eigenvalue weighted by Crippen LogP contribution is 2.26. The molecule has 3 aromatic carbocycles. The number of phenolic OH excluding ortho intramolecular Hbond substituents is 1. The molecule has 0 unspecified atom stereocenters. The third kappa shape index (κ3) is 3.59. The summed E-state index contributed by atoms with van der Waals surface area (Å²) >= 11 is 0. The second-order valence-corrected chi connectivity index (χ2v) is 5.70. The first-order chi connectivity index (χ1) is 12.3. The Kier molecular flexibility index (Phi) is 4.75. The van der Waals surface area contributed by atoms with E-state index < -0.39 is 46.8 Å². The van der Waals surface area contributed by atoms with Crippen LogP contribution in [0.3, 0.4) is 0 Å². The summed E-state index contributed by atoms with van der Waals surface area (Å²) in [6.07, 6.45) is -0.696. The highest BCUT2D eigenvalue weighted by atomic mass is 19.1. The first kappa shape index (κ1) is 17.7. The van der Waals surface area contributed by atoms with Crippen LogP contribution in [0, 0.1) is 23.3 Å². The molecule has 0 heterocycles. The summed E-state index contributed by atoms with van der Waals surface area (Å²) in [5.41, 5.74) is -0.115. The predicted molar refractivity (Wildman–Crippen MR) is 87.9 cm³/mol. The molecule has 2 nitrogen and oxygen atoms in total. The molecule has 0 aliphatic heterocycles. The molecule has 0 spiro atoms. The number of hydrogen-bond acceptors (Lipinski definition) is 2. The zero-order valence-corrected chi connectivity index (χ0v) is 13.3. The van der Waals surface area contributed by atoms with Gasteiger partial charge in [-0.3, -0.25) is 4.79 Å². The number of halogens is 4. The molecule has 3 rings (SSSR count). The van der Waals surface area contributed by atoms with E-state index in [0.717, 1.165) is 24.3 Å². The molecule has 26 heavy (non-hydrogen) atoms. The fourth-order valence-corrected chi connectivity index (χ4v) is 2.60. The van der Waals surface area contributed by atoms with Crippen LogP contribution in [-0.4, -0.2) is 10.9 Å². The smallest absolute Gasteiger partial charge is 0.171 e. The molecule has 0 fully saturated rings. The van der Waals surface area contributed by atoms with Crippen molar-refractivity contribution >= 4 is 5.78 Å². The number of hydrogen-bond donors (Lipinski definition) is 1. The number of carbonyl (C=O) groups excluding carboxylic acids is 1. The van der Waals surface area contributed by atoms with Gasteiger partial charge in [0.2, 0.25) is 0 Å². The van der Waals surface area contributed by atoms with Gasteiger partial charge >= 0.3 is 0 Å².